The third kappa shape index (κ3) is 4.62. The lowest BCUT2D eigenvalue weighted by Gasteiger charge is -2.35. The van der Waals surface area contributed by atoms with E-state index in [0.717, 1.165) is 30.4 Å². The number of hydrogen-bond donors (Lipinski definition) is 1. The van der Waals surface area contributed by atoms with Crippen LogP contribution in [0.15, 0.2) is 72.8 Å². The molecular formula is C28H28N2O4. The molecule has 1 aliphatic carbocycles. The molecule has 0 fully saturated rings. The van der Waals surface area contributed by atoms with Crippen LogP contribution in [-0.2, 0) is 29.1 Å². The lowest BCUT2D eigenvalue weighted by atomic mass is 9.86. The van der Waals surface area contributed by atoms with Crippen LogP contribution in [0.2, 0.25) is 0 Å². The normalized spacial score (nSPS) is 19.3. The van der Waals surface area contributed by atoms with Gasteiger partial charge in [0.1, 0.15) is 12.4 Å². The number of fused-ring (bicyclic) bond motifs is 2. The topological polar surface area (TPSA) is 67.9 Å². The van der Waals surface area contributed by atoms with Crippen LogP contribution in [0.3, 0.4) is 0 Å². The van der Waals surface area contributed by atoms with E-state index in [-0.39, 0.29) is 18.6 Å². The molecule has 6 heteroatoms. The predicted molar refractivity (Wildman–Crippen MR) is 129 cm³/mol. The maximum atomic E-state index is 13.3. The number of nitrogens with one attached hydrogen (secondary N) is 1. The number of anilines is 1. The number of amides is 2. The van der Waals surface area contributed by atoms with Gasteiger partial charge in [0, 0.05) is 11.3 Å². The van der Waals surface area contributed by atoms with E-state index in [9.17, 15) is 9.59 Å². The van der Waals surface area contributed by atoms with Gasteiger partial charge in [-0.15, -0.1) is 0 Å². The number of ether oxygens (including phenoxy) is 2. The van der Waals surface area contributed by atoms with Crippen molar-refractivity contribution in [3.05, 3.63) is 95.1 Å². The third-order valence-electron chi connectivity index (χ3n) is 6.51. The van der Waals surface area contributed by atoms with Gasteiger partial charge in [0.15, 0.2) is 6.10 Å². The van der Waals surface area contributed by atoms with Crippen LogP contribution in [0.4, 0.5) is 10.5 Å². The number of rotatable bonds is 4. The number of aryl methyl sites for hydroxylation is 1. The minimum Gasteiger partial charge on any atom is -0.481 e. The summed E-state index contributed by atoms with van der Waals surface area (Å²) in [6.07, 6.45) is 1.90. The first-order chi connectivity index (χ1) is 16.6. The van der Waals surface area contributed by atoms with Gasteiger partial charge in [0.05, 0.1) is 12.6 Å². The lowest BCUT2D eigenvalue weighted by Crippen LogP contribution is -2.41. The van der Waals surface area contributed by atoms with Crippen LogP contribution < -0.4 is 10.1 Å². The Morgan fingerprint density at radius 3 is 2.71 bits per heavy atom. The Morgan fingerprint density at radius 2 is 1.85 bits per heavy atom. The summed E-state index contributed by atoms with van der Waals surface area (Å²) in [5, 5.41) is 2.79. The molecule has 5 rings (SSSR count). The van der Waals surface area contributed by atoms with Gasteiger partial charge in [0.25, 0.3) is 5.91 Å². The summed E-state index contributed by atoms with van der Waals surface area (Å²) in [5.41, 5.74) is 4.91. The van der Waals surface area contributed by atoms with E-state index in [4.69, 9.17) is 9.47 Å². The molecule has 1 heterocycles. The van der Waals surface area contributed by atoms with Gasteiger partial charge in [-0.3, -0.25) is 10.1 Å². The highest BCUT2D eigenvalue weighted by Crippen LogP contribution is 2.38. The molecule has 3 aromatic carbocycles. The summed E-state index contributed by atoms with van der Waals surface area (Å²) in [6.45, 7) is 2.42. The number of nitrogens with zero attached hydrogens (tertiary/aromatic N) is 1. The number of carbonyl (C=O) groups excluding carboxylic acids is 2. The van der Waals surface area contributed by atoms with Crippen molar-refractivity contribution >= 4 is 17.7 Å². The molecule has 0 unspecified atom stereocenters. The van der Waals surface area contributed by atoms with Crippen molar-refractivity contribution in [3.8, 4) is 5.75 Å². The predicted octanol–water partition coefficient (Wildman–Crippen LogP) is 5.62. The largest absolute Gasteiger partial charge is 0.481 e. The van der Waals surface area contributed by atoms with E-state index < -0.39 is 12.2 Å². The minimum absolute atomic E-state index is 0.0157. The minimum atomic E-state index is -0.579. The summed E-state index contributed by atoms with van der Waals surface area (Å²) in [4.78, 5) is 27.6. The van der Waals surface area contributed by atoms with Crippen molar-refractivity contribution in [1.82, 2.24) is 4.90 Å². The van der Waals surface area contributed by atoms with Gasteiger partial charge in [-0.1, -0.05) is 54.6 Å². The Morgan fingerprint density at radius 1 is 1.06 bits per heavy atom. The van der Waals surface area contributed by atoms with Crippen LogP contribution in [0, 0.1) is 0 Å². The molecule has 2 aliphatic rings. The van der Waals surface area contributed by atoms with Crippen molar-refractivity contribution in [2.75, 3.05) is 5.32 Å². The number of carbonyl (C=O) groups is 2. The van der Waals surface area contributed by atoms with E-state index in [2.05, 4.69) is 23.5 Å². The molecule has 0 saturated carbocycles. The zero-order valence-corrected chi connectivity index (χ0v) is 19.2. The highest BCUT2D eigenvalue weighted by atomic mass is 16.5. The summed E-state index contributed by atoms with van der Waals surface area (Å²) >= 11 is 0. The van der Waals surface area contributed by atoms with Gasteiger partial charge in [-0.05, 0) is 61.1 Å². The van der Waals surface area contributed by atoms with Crippen molar-refractivity contribution in [1.29, 1.82) is 0 Å². The van der Waals surface area contributed by atoms with Crippen LogP contribution in [0.25, 0.3) is 0 Å². The van der Waals surface area contributed by atoms with Crippen LogP contribution >= 0.6 is 0 Å². The second-order valence-corrected chi connectivity index (χ2v) is 8.84. The van der Waals surface area contributed by atoms with E-state index in [1.807, 2.05) is 53.4 Å². The average molecular weight is 457 g/mol. The molecule has 2 amide bonds. The Balaban J connectivity index is 1.35. The highest BCUT2D eigenvalue weighted by molar-refractivity contribution is 5.85. The third-order valence-corrected chi connectivity index (χ3v) is 6.51. The van der Waals surface area contributed by atoms with Gasteiger partial charge < -0.3 is 14.4 Å². The van der Waals surface area contributed by atoms with Gasteiger partial charge in [-0.25, -0.2) is 4.79 Å². The molecule has 2 atom stereocenters. The van der Waals surface area contributed by atoms with Crippen molar-refractivity contribution < 1.29 is 19.1 Å². The molecule has 0 saturated heterocycles. The Kier molecular flexibility index (Phi) is 6.21. The molecule has 1 N–H and O–H groups in total. The smallest absolute Gasteiger partial charge is 0.411 e. The molecule has 3 aromatic rings. The van der Waals surface area contributed by atoms with Gasteiger partial charge in [-0.2, -0.15) is 0 Å². The van der Waals surface area contributed by atoms with Crippen molar-refractivity contribution in [2.45, 2.75) is 51.5 Å². The standard InChI is InChI=1S/C28H28N2O4/c1-19-27(31)30(25-13-7-11-21-10-5-6-12-24(21)25)17-22-16-23(14-15-26(22)34-19)29-28(32)33-18-20-8-3-2-4-9-20/h2-6,8-10,12,14-16,19,25H,7,11,13,17-18H2,1H3,(H,29,32)/t19-,25-/m1/s1. The molecule has 6 nitrogen and oxygen atoms in total. The fourth-order valence-electron chi connectivity index (χ4n) is 4.82. The second kappa shape index (κ2) is 9.59. The molecule has 0 spiro atoms. The number of hydrogen-bond acceptors (Lipinski definition) is 4. The summed E-state index contributed by atoms with van der Waals surface area (Å²) < 4.78 is 11.4. The Labute approximate surface area is 199 Å². The van der Waals surface area contributed by atoms with Crippen molar-refractivity contribution in [2.24, 2.45) is 0 Å². The quantitative estimate of drug-likeness (QED) is 0.553. The summed E-state index contributed by atoms with van der Waals surface area (Å²) in [5.74, 6) is 0.644. The zero-order valence-electron chi connectivity index (χ0n) is 19.2. The van der Waals surface area contributed by atoms with E-state index in [1.54, 1.807) is 13.0 Å². The first kappa shape index (κ1) is 22.0. The lowest BCUT2D eigenvalue weighted by molar-refractivity contribution is -0.140. The first-order valence-electron chi connectivity index (χ1n) is 11.7. The van der Waals surface area contributed by atoms with Crippen LogP contribution in [-0.4, -0.2) is 23.0 Å². The maximum absolute atomic E-state index is 13.3. The van der Waals surface area contributed by atoms with Gasteiger partial charge in [0.2, 0.25) is 0 Å². The Bertz CT molecular complexity index is 1190. The number of benzene rings is 3. The molecular weight excluding hydrogens is 428 g/mol. The van der Waals surface area contributed by atoms with Gasteiger partial charge >= 0.3 is 6.09 Å². The Hall–Kier alpha value is -3.80. The van der Waals surface area contributed by atoms with Crippen molar-refractivity contribution in [3.63, 3.8) is 0 Å². The average Bonchev–Trinajstić information content (AvgIpc) is 2.99. The summed E-state index contributed by atoms with van der Waals surface area (Å²) in [6, 6.07) is 23.4. The van der Waals surface area contributed by atoms with Crippen LogP contribution in [0.1, 0.15) is 48.1 Å². The van der Waals surface area contributed by atoms with E-state index >= 15 is 0 Å². The molecule has 0 bridgehead atoms. The molecule has 174 valence electrons. The molecule has 34 heavy (non-hydrogen) atoms. The molecule has 1 aliphatic heterocycles. The molecule has 0 radical (unpaired) electrons. The first-order valence-corrected chi connectivity index (χ1v) is 11.7. The maximum Gasteiger partial charge on any atom is 0.411 e. The molecule has 0 aromatic heterocycles. The summed E-state index contributed by atoms with van der Waals surface area (Å²) in [7, 11) is 0. The SMILES string of the molecule is C[C@H]1Oc2ccc(NC(=O)OCc3ccccc3)cc2CN([C@@H]2CCCc3ccccc32)C1=O. The highest BCUT2D eigenvalue weighted by Gasteiger charge is 2.35. The monoisotopic (exact) mass is 456 g/mol. The van der Waals surface area contributed by atoms with E-state index in [0.29, 0.717) is 18.0 Å². The van der Waals surface area contributed by atoms with Crippen LogP contribution in [0.5, 0.6) is 5.75 Å². The fourth-order valence-corrected chi connectivity index (χ4v) is 4.82. The zero-order chi connectivity index (χ0) is 23.5. The van der Waals surface area contributed by atoms with E-state index in [1.165, 1.54) is 11.1 Å². The fraction of sp³-hybridized carbons (Fsp3) is 0.286. The second-order valence-electron chi connectivity index (χ2n) is 8.84.